The topological polar surface area (TPSA) is 49.4 Å². The highest BCUT2D eigenvalue weighted by atomic mass is 32.2. The van der Waals surface area contributed by atoms with Gasteiger partial charge in [-0.25, -0.2) is 13.1 Å². The molecule has 106 valence electrons. The lowest BCUT2D eigenvalue weighted by molar-refractivity contribution is 0.194. The van der Waals surface area contributed by atoms with E-state index in [0.717, 1.165) is 32.5 Å². The van der Waals surface area contributed by atoms with Crippen LogP contribution in [0, 0.1) is 0 Å². The van der Waals surface area contributed by atoms with Crippen LogP contribution in [0.25, 0.3) is 0 Å². The standard InChI is InChI=1S/C14H22N2O2S/c1-2-19(17,18)15-14-9-6-10-16(12-14)11-13-7-4-3-5-8-13/h3-5,7-8,14-15H,2,6,9-12H2,1H3. The molecule has 1 aliphatic heterocycles. The number of rotatable bonds is 5. The summed E-state index contributed by atoms with van der Waals surface area (Å²) in [6.07, 6.45) is 1.98. The molecule has 1 aliphatic rings. The molecule has 1 aromatic rings. The van der Waals surface area contributed by atoms with Gasteiger partial charge in [-0.2, -0.15) is 0 Å². The number of piperidine rings is 1. The van der Waals surface area contributed by atoms with Gasteiger partial charge in [0, 0.05) is 19.1 Å². The molecule has 1 N–H and O–H groups in total. The second-order valence-corrected chi connectivity index (χ2v) is 7.12. The van der Waals surface area contributed by atoms with Crippen molar-refractivity contribution in [1.29, 1.82) is 0 Å². The molecule has 19 heavy (non-hydrogen) atoms. The smallest absolute Gasteiger partial charge is 0.211 e. The first kappa shape index (κ1) is 14.5. The lowest BCUT2D eigenvalue weighted by Gasteiger charge is -2.32. The molecule has 5 heteroatoms. The van der Waals surface area contributed by atoms with Crippen molar-refractivity contribution in [2.24, 2.45) is 0 Å². The molecule has 1 atom stereocenters. The van der Waals surface area contributed by atoms with Crippen molar-refractivity contribution in [1.82, 2.24) is 9.62 Å². The van der Waals surface area contributed by atoms with Crippen LogP contribution in [0.4, 0.5) is 0 Å². The quantitative estimate of drug-likeness (QED) is 0.892. The summed E-state index contributed by atoms with van der Waals surface area (Å²) < 4.78 is 26.0. The van der Waals surface area contributed by atoms with Crippen LogP contribution < -0.4 is 4.72 Å². The second kappa shape index (κ2) is 6.50. The highest BCUT2D eigenvalue weighted by Gasteiger charge is 2.23. The van der Waals surface area contributed by atoms with E-state index < -0.39 is 10.0 Å². The Morgan fingerprint density at radius 3 is 2.74 bits per heavy atom. The van der Waals surface area contributed by atoms with Gasteiger partial charge in [-0.05, 0) is 31.9 Å². The molecule has 4 nitrogen and oxygen atoms in total. The zero-order valence-corrected chi connectivity index (χ0v) is 12.2. The predicted octanol–water partition coefficient (Wildman–Crippen LogP) is 1.59. The van der Waals surface area contributed by atoms with Crippen LogP contribution in [0.2, 0.25) is 0 Å². The van der Waals surface area contributed by atoms with E-state index in [2.05, 4.69) is 21.8 Å². The summed E-state index contributed by atoms with van der Waals surface area (Å²) in [4.78, 5) is 2.32. The molecule has 0 amide bonds. The van der Waals surface area contributed by atoms with Crippen molar-refractivity contribution < 1.29 is 8.42 Å². The van der Waals surface area contributed by atoms with Crippen LogP contribution in [0.3, 0.4) is 0 Å². The van der Waals surface area contributed by atoms with Gasteiger partial charge in [0.15, 0.2) is 0 Å². The SMILES string of the molecule is CCS(=O)(=O)NC1CCCN(Cc2ccccc2)C1. The average molecular weight is 282 g/mol. The van der Waals surface area contributed by atoms with Crippen LogP contribution in [-0.2, 0) is 16.6 Å². The molecule has 0 aromatic heterocycles. The first-order valence-electron chi connectivity index (χ1n) is 6.85. The molecule has 0 spiro atoms. The van der Waals surface area contributed by atoms with Crippen LogP contribution >= 0.6 is 0 Å². The molecular weight excluding hydrogens is 260 g/mol. The van der Waals surface area contributed by atoms with Crippen molar-refractivity contribution >= 4 is 10.0 Å². The van der Waals surface area contributed by atoms with Crippen molar-refractivity contribution in [3.63, 3.8) is 0 Å². The van der Waals surface area contributed by atoms with E-state index in [9.17, 15) is 8.42 Å². The van der Waals surface area contributed by atoms with Gasteiger partial charge in [-0.15, -0.1) is 0 Å². The van der Waals surface area contributed by atoms with Crippen molar-refractivity contribution in [3.8, 4) is 0 Å². The predicted molar refractivity (Wildman–Crippen MR) is 77.3 cm³/mol. The van der Waals surface area contributed by atoms with Gasteiger partial charge in [0.1, 0.15) is 0 Å². The highest BCUT2D eigenvalue weighted by molar-refractivity contribution is 7.89. The fraction of sp³-hybridized carbons (Fsp3) is 0.571. The third kappa shape index (κ3) is 4.60. The van der Waals surface area contributed by atoms with Gasteiger partial charge in [-0.3, -0.25) is 4.90 Å². The zero-order chi connectivity index (χ0) is 13.7. The molecule has 0 bridgehead atoms. The Labute approximate surface area is 115 Å². The van der Waals surface area contributed by atoms with Crippen molar-refractivity contribution in [2.75, 3.05) is 18.8 Å². The molecule has 1 aromatic carbocycles. The zero-order valence-electron chi connectivity index (χ0n) is 11.4. The van der Waals surface area contributed by atoms with Gasteiger partial charge in [0.2, 0.25) is 10.0 Å². The largest absolute Gasteiger partial charge is 0.298 e. The van der Waals surface area contributed by atoms with E-state index in [0.29, 0.717) is 0 Å². The van der Waals surface area contributed by atoms with Crippen molar-refractivity contribution in [3.05, 3.63) is 35.9 Å². The average Bonchev–Trinajstić information content (AvgIpc) is 2.40. The molecule has 1 unspecified atom stereocenters. The third-order valence-electron chi connectivity index (χ3n) is 3.48. The van der Waals surface area contributed by atoms with Crippen LogP contribution in [0.5, 0.6) is 0 Å². The van der Waals surface area contributed by atoms with Crippen LogP contribution in [0.1, 0.15) is 25.3 Å². The minimum absolute atomic E-state index is 0.0578. The van der Waals surface area contributed by atoms with Crippen LogP contribution in [-0.4, -0.2) is 38.2 Å². The number of likely N-dealkylation sites (tertiary alicyclic amines) is 1. The van der Waals surface area contributed by atoms with Crippen molar-refractivity contribution in [2.45, 2.75) is 32.4 Å². The van der Waals surface area contributed by atoms with E-state index in [-0.39, 0.29) is 11.8 Å². The maximum atomic E-state index is 11.6. The van der Waals surface area contributed by atoms with Gasteiger partial charge in [-0.1, -0.05) is 30.3 Å². The molecule has 2 rings (SSSR count). The molecule has 1 heterocycles. The van der Waals surface area contributed by atoms with Gasteiger partial charge < -0.3 is 0 Å². The normalized spacial score (nSPS) is 21.4. The number of nitrogens with zero attached hydrogens (tertiary/aromatic N) is 1. The Kier molecular flexibility index (Phi) is 4.96. The summed E-state index contributed by atoms with van der Waals surface area (Å²) in [5.41, 5.74) is 1.28. The molecule has 0 radical (unpaired) electrons. The lowest BCUT2D eigenvalue weighted by atomic mass is 10.1. The summed E-state index contributed by atoms with van der Waals surface area (Å²) in [6, 6.07) is 10.4. The maximum absolute atomic E-state index is 11.6. The Bertz CT molecular complexity index is 487. The number of hydrogen-bond donors (Lipinski definition) is 1. The Morgan fingerprint density at radius 2 is 2.05 bits per heavy atom. The van der Waals surface area contributed by atoms with E-state index in [1.807, 2.05) is 18.2 Å². The highest BCUT2D eigenvalue weighted by Crippen LogP contribution is 2.14. The number of benzene rings is 1. The monoisotopic (exact) mass is 282 g/mol. The summed E-state index contributed by atoms with van der Waals surface area (Å²) in [5, 5.41) is 0. The van der Waals surface area contributed by atoms with E-state index in [1.165, 1.54) is 5.56 Å². The lowest BCUT2D eigenvalue weighted by Crippen LogP contribution is -2.47. The summed E-state index contributed by atoms with van der Waals surface area (Å²) in [5.74, 6) is 0.155. The molecule has 1 fully saturated rings. The van der Waals surface area contributed by atoms with Crippen LogP contribution in [0.15, 0.2) is 30.3 Å². The molecular formula is C14H22N2O2S. The summed E-state index contributed by atoms with van der Waals surface area (Å²) in [6.45, 7) is 4.41. The fourth-order valence-corrected chi connectivity index (χ4v) is 3.34. The number of nitrogens with one attached hydrogen (secondary N) is 1. The maximum Gasteiger partial charge on any atom is 0.211 e. The first-order chi connectivity index (χ1) is 9.09. The Hall–Kier alpha value is -0.910. The first-order valence-corrected chi connectivity index (χ1v) is 8.50. The third-order valence-corrected chi connectivity index (χ3v) is 4.93. The second-order valence-electron chi connectivity index (χ2n) is 5.08. The molecule has 0 aliphatic carbocycles. The van der Waals surface area contributed by atoms with E-state index in [1.54, 1.807) is 6.92 Å². The number of hydrogen-bond acceptors (Lipinski definition) is 3. The summed E-state index contributed by atoms with van der Waals surface area (Å²) >= 11 is 0. The minimum Gasteiger partial charge on any atom is -0.298 e. The number of sulfonamides is 1. The fourth-order valence-electron chi connectivity index (χ4n) is 2.47. The van der Waals surface area contributed by atoms with Gasteiger partial charge in [0.05, 0.1) is 5.75 Å². The summed E-state index contributed by atoms with van der Waals surface area (Å²) in [7, 11) is -3.09. The molecule has 1 saturated heterocycles. The molecule has 0 saturated carbocycles. The Morgan fingerprint density at radius 1 is 1.32 bits per heavy atom. The Balaban J connectivity index is 1.91. The van der Waals surface area contributed by atoms with Gasteiger partial charge >= 0.3 is 0 Å². The minimum atomic E-state index is -3.09. The van der Waals surface area contributed by atoms with E-state index in [4.69, 9.17) is 0 Å². The van der Waals surface area contributed by atoms with E-state index >= 15 is 0 Å². The van der Waals surface area contributed by atoms with Gasteiger partial charge in [0.25, 0.3) is 0 Å².